The zero-order valence-corrected chi connectivity index (χ0v) is 12.0. The highest BCUT2D eigenvalue weighted by molar-refractivity contribution is 9.10. The van der Waals surface area contributed by atoms with E-state index in [1.165, 1.54) is 0 Å². The molecule has 1 atom stereocenters. The van der Waals surface area contributed by atoms with Crippen molar-refractivity contribution in [2.24, 2.45) is 0 Å². The lowest BCUT2D eigenvalue weighted by molar-refractivity contribution is 0.0507. The van der Waals surface area contributed by atoms with Crippen LogP contribution in [0.5, 0.6) is 0 Å². The summed E-state index contributed by atoms with van der Waals surface area (Å²) in [5, 5.41) is 2.74. The van der Waals surface area contributed by atoms with Crippen molar-refractivity contribution in [1.82, 2.24) is 10.3 Å². The molecular weight excluding hydrogens is 284 g/mol. The molecule has 0 aliphatic carbocycles. The zero-order valence-electron chi connectivity index (χ0n) is 10.5. The van der Waals surface area contributed by atoms with E-state index in [2.05, 4.69) is 26.2 Å². The maximum atomic E-state index is 11.6. The Kier molecular flexibility index (Phi) is 4.51. The van der Waals surface area contributed by atoms with Crippen LogP contribution in [-0.4, -0.2) is 16.7 Å². The average Bonchev–Trinajstić information content (AvgIpc) is 2.14. The molecule has 0 aromatic carbocycles. The van der Waals surface area contributed by atoms with Gasteiger partial charge in [-0.25, -0.2) is 9.78 Å². The van der Waals surface area contributed by atoms with Crippen LogP contribution in [0.25, 0.3) is 0 Å². The van der Waals surface area contributed by atoms with Gasteiger partial charge in [0.15, 0.2) is 0 Å². The molecule has 1 N–H and O–H groups in total. The van der Waals surface area contributed by atoms with Gasteiger partial charge in [-0.1, -0.05) is 6.07 Å². The van der Waals surface area contributed by atoms with E-state index in [0.717, 1.165) is 10.3 Å². The van der Waals surface area contributed by atoms with Crippen LogP contribution in [0.2, 0.25) is 0 Å². The lowest BCUT2D eigenvalue weighted by Gasteiger charge is -2.21. The number of ether oxygens (including phenoxy) is 1. The van der Waals surface area contributed by atoms with Gasteiger partial charge in [0, 0.05) is 0 Å². The number of amides is 1. The van der Waals surface area contributed by atoms with E-state index in [1.807, 2.05) is 45.9 Å². The van der Waals surface area contributed by atoms with Crippen molar-refractivity contribution in [3.05, 3.63) is 28.5 Å². The van der Waals surface area contributed by atoms with E-state index in [0.29, 0.717) is 0 Å². The number of aromatic nitrogens is 1. The topological polar surface area (TPSA) is 51.2 Å². The van der Waals surface area contributed by atoms with Crippen LogP contribution in [0.1, 0.15) is 39.4 Å². The SMILES string of the molecule is C[C@@H](NC(=O)OC(C)(C)C)c1cccc(Br)n1. The molecule has 0 radical (unpaired) electrons. The Morgan fingerprint density at radius 3 is 2.65 bits per heavy atom. The minimum Gasteiger partial charge on any atom is -0.444 e. The van der Waals surface area contributed by atoms with Crippen molar-refractivity contribution in [2.45, 2.75) is 39.3 Å². The molecule has 1 rings (SSSR count). The van der Waals surface area contributed by atoms with Crippen molar-refractivity contribution < 1.29 is 9.53 Å². The first-order valence-corrected chi connectivity index (χ1v) is 6.19. The van der Waals surface area contributed by atoms with Gasteiger partial charge in [-0.2, -0.15) is 0 Å². The first-order valence-electron chi connectivity index (χ1n) is 5.40. The Morgan fingerprint density at radius 2 is 2.12 bits per heavy atom. The Balaban J connectivity index is 2.61. The van der Waals surface area contributed by atoms with Crippen LogP contribution >= 0.6 is 15.9 Å². The van der Waals surface area contributed by atoms with E-state index in [4.69, 9.17) is 4.74 Å². The van der Waals surface area contributed by atoms with Gasteiger partial charge in [0.1, 0.15) is 10.2 Å². The third kappa shape index (κ3) is 5.17. The summed E-state index contributed by atoms with van der Waals surface area (Å²) < 4.78 is 5.91. The summed E-state index contributed by atoms with van der Waals surface area (Å²) in [4.78, 5) is 15.8. The van der Waals surface area contributed by atoms with Gasteiger partial charge in [-0.05, 0) is 55.8 Å². The number of halogens is 1. The van der Waals surface area contributed by atoms with Gasteiger partial charge >= 0.3 is 6.09 Å². The Labute approximate surface area is 110 Å². The van der Waals surface area contributed by atoms with Crippen LogP contribution in [0.3, 0.4) is 0 Å². The largest absolute Gasteiger partial charge is 0.444 e. The van der Waals surface area contributed by atoms with Gasteiger partial charge < -0.3 is 10.1 Å². The molecule has 0 aliphatic heterocycles. The van der Waals surface area contributed by atoms with E-state index < -0.39 is 11.7 Å². The molecule has 0 saturated carbocycles. The smallest absolute Gasteiger partial charge is 0.408 e. The summed E-state index contributed by atoms with van der Waals surface area (Å²) >= 11 is 3.29. The minimum absolute atomic E-state index is 0.192. The Bertz CT molecular complexity index is 402. The number of alkyl carbamates (subject to hydrolysis) is 1. The molecule has 0 unspecified atom stereocenters. The third-order valence-electron chi connectivity index (χ3n) is 1.91. The molecular formula is C12H17BrN2O2. The second-order valence-corrected chi connectivity index (χ2v) is 5.57. The van der Waals surface area contributed by atoms with Crippen molar-refractivity contribution >= 4 is 22.0 Å². The number of carbonyl (C=O) groups excluding carboxylic acids is 1. The van der Waals surface area contributed by atoms with Crippen molar-refractivity contribution in [2.75, 3.05) is 0 Å². The van der Waals surface area contributed by atoms with Crippen LogP contribution < -0.4 is 5.32 Å². The zero-order chi connectivity index (χ0) is 13.1. The molecule has 4 nitrogen and oxygen atoms in total. The highest BCUT2D eigenvalue weighted by Crippen LogP contribution is 2.14. The standard InChI is InChI=1S/C12H17BrN2O2/c1-8(9-6-5-7-10(13)15-9)14-11(16)17-12(2,3)4/h5-8H,1-4H3,(H,14,16)/t8-/m1/s1. The maximum Gasteiger partial charge on any atom is 0.408 e. The summed E-state index contributed by atoms with van der Waals surface area (Å²) in [6, 6.07) is 5.37. The molecule has 0 aliphatic rings. The van der Waals surface area contributed by atoms with Gasteiger partial charge in [0.2, 0.25) is 0 Å². The highest BCUT2D eigenvalue weighted by Gasteiger charge is 2.18. The minimum atomic E-state index is -0.492. The molecule has 1 aromatic heterocycles. The number of hydrogen-bond donors (Lipinski definition) is 1. The molecule has 1 aromatic rings. The predicted molar refractivity (Wildman–Crippen MR) is 69.7 cm³/mol. The fourth-order valence-electron chi connectivity index (χ4n) is 1.22. The molecule has 1 heterocycles. The summed E-state index contributed by atoms with van der Waals surface area (Å²) in [6.45, 7) is 7.34. The number of nitrogens with zero attached hydrogens (tertiary/aromatic N) is 1. The molecule has 5 heteroatoms. The number of carbonyl (C=O) groups is 1. The van der Waals surface area contributed by atoms with Crippen molar-refractivity contribution in [3.8, 4) is 0 Å². The number of rotatable bonds is 2. The molecule has 0 saturated heterocycles. The summed E-state index contributed by atoms with van der Waals surface area (Å²) in [5.74, 6) is 0. The fourth-order valence-corrected chi connectivity index (χ4v) is 1.58. The van der Waals surface area contributed by atoms with Gasteiger partial charge in [0.25, 0.3) is 0 Å². The Morgan fingerprint density at radius 1 is 1.47 bits per heavy atom. The first kappa shape index (κ1) is 14.0. The second kappa shape index (κ2) is 5.49. The van der Waals surface area contributed by atoms with Gasteiger partial charge in [0.05, 0.1) is 11.7 Å². The van der Waals surface area contributed by atoms with Crippen LogP contribution in [0.4, 0.5) is 4.79 Å². The van der Waals surface area contributed by atoms with Gasteiger partial charge in [-0.3, -0.25) is 0 Å². The first-order chi connectivity index (χ1) is 7.78. The lowest BCUT2D eigenvalue weighted by atomic mass is 10.2. The van der Waals surface area contributed by atoms with Gasteiger partial charge in [-0.15, -0.1) is 0 Å². The quantitative estimate of drug-likeness (QED) is 0.851. The monoisotopic (exact) mass is 300 g/mol. The molecule has 94 valence electrons. The van der Waals surface area contributed by atoms with Crippen molar-refractivity contribution in [3.63, 3.8) is 0 Å². The second-order valence-electron chi connectivity index (χ2n) is 4.75. The third-order valence-corrected chi connectivity index (χ3v) is 2.36. The van der Waals surface area contributed by atoms with Crippen LogP contribution in [0, 0.1) is 0 Å². The van der Waals surface area contributed by atoms with E-state index in [1.54, 1.807) is 0 Å². The fraction of sp³-hybridized carbons (Fsp3) is 0.500. The molecule has 0 fully saturated rings. The molecule has 17 heavy (non-hydrogen) atoms. The highest BCUT2D eigenvalue weighted by atomic mass is 79.9. The molecule has 1 amide bonds. The van der Waals surface area contributed by atoms with Crippen molar-refractivity contribution in [1.29, 1.82) is 0 Å². The number of hydrogen-bond acceptors (Lipinski definition) is 3. The average molecular weight is 301 g/mol. The summed E-state index contributed by atoms with van der Waals surface area (Å²) in [6.07, 6.45) is -0.438. The number of pyridine rings is 1. The normalized spacial score (nSPS) is 13.0. The van der Waals surface area contributed by atoms with Crippen LogP contribution in [0.15, 0.2) is 22.8 Å². The maximum absolute atomic E-state index is 11.6. The van der Waals surface area contributed by atoms with E-state index >= 15 is 0 Å². The molecule has 0 spiro atoms. The van der Waals surface area contributed by atoms with Crippen LogP contribution in [-0.2, 0) is 4.74 Å². The summed E-state index contributed by atoms with van der Waals surface area (Å²) in [7, 11) is 0. The van der Waals surface area contributed by atoms with E-state index in [-0.39, 0.29) is 6.04 Å². The number of nitrogens with one attached hydrogen (secondary N) is 1. The molecule has 0 bridgehead atoms. The lowest BCUT2D eigenvalue weighted by Crippen LogP contribution is -2.34. The summed E-state index contributed by atoms with van der Waals surface area (Å²) in [5.41, 5.74) is 0.291. The Hall–Kier alpha value is -1.10. The predicted octanol–water partition coefficient (Wildman–Crippen LogP) is 3.43. The van der Waals surface area contributed by atoms with E-state index in [9.17, 15) is 4.79 Å².